The fourth-order valence-corrected chi connectivity index (χ4v) is 4.08. The third-order valence-corrected chi connectivity index (χ3v) is 5.44. The molecule has 1 amide bonds. The smallest absolute Gasteiger partial charge is 0.335 e. The zero-order valence-corrected chi connectivity index (χ0v) is 17.3. The highest BCUT2D eigenvalue weighted by Crippen LogP contribution is 2.43. The van der Waals surface area contributed by atoms with E-state index in [2.05, 4.69) is 0 Å². The number of halogens is 1. The maximum absolute atomic E-state index is 13.6. The lowest BCUT2D eigenvalue weighted by molar-refractivity contribution is -0.113. The molecule has 31 heavy (non-hydrogen) atoms. The highest BCUT2D eigenvalue weighted by Gasteiger charge is 2.35. The van der Waals surface area contributed by atoms with Gasteiger partial charge in [0, 0.05) is 5.56 Å². The van der Waals surface area contributed by atoms with Crippen molar-refractivity contribution in [3.8, 4) is 0 Å². The topological polar surface area (TPSA) is 57.6 Å². The van der Waals surface area contributed by atoms with E-state index in [0.29, 0.717) is 5.57 Å². The summed E-state index contributed by atoms with van der Waals surface area (Å²) in [7, 11) is 0. The lowest BCUT2D eigenvalue weighted by Gasteiger charge is -2.19. The van der Waals surface area contributed by atoms with Crippen molar-refractivity contribution in [3.63, 3.8) is 0 Å². The number of rotatable bonds is 5. The highest BCUT2D eigenvalue weighted by molar-refractivity contribution is 6.37. The van der Waals surface area contributed by atoms with Crippen LogP contribution in [-0.4, -0.2) is 17.0 Å². The minimum atomic E-state index is -1.01. The molecule has 1 aliphatic rings. The van der Waals surface area contributed by atoms with Crippen molar-refractivity contribution in [1.82, 2.24) is 0 Å². The number of hydrogen-bond donors (Lipinski definition) is 1. The third kappa shape index (κ3) is 3.87. The number of anilines is 1. The van der Waals surface area contributed by atoms with Gasteiger partial charge in [0.15, 0.2) is 0 Å². The van der Waals surface area contributed by atoms with Crippen LogP contribution in [0.1, 0.15) is 40.9 Å². The normalized spacial score (nSPS) is 14.7. The summed E-state index contributed by atoms with van der Waals surface area (Å²) in [5.74, 6) is -1.44. The molecule has 0 aliphatic carbocycles. The monoisotopic (exact) mass is 415 g/mol. The molecular formula is C26H22FNO3. The van der Waals surface area contributed by atoms with Crippen LogP contribution in [-0.2, 0) is 11.3 Å². The van der Waals surface area contributed by atoms with Crippen LogP contribution in [0.4, 0.5) is 10.1 Å². The van der Waals surface area contributed by atoms with E-state index in [0.717, 1.165) is 28.0 Å². The molecular weight excluding hydrogens is 393 g/mol. The molecule has 3 aromatic rings. The first-order valence-corrected chi connectivity index (χ1v) is 10.1. The van der Waals surface area contributed by atoms with E-state index in [1.165, 1.54) is 18.2 Å². The van der Waals surface area contributed by atoms with Gasteiger partial charge in [-0.2, -0.15) is 0 Å². The summed E-state index contributed by atoms with van der Waals surface area (Å²) in [4.78, 5) is 26.7. The predicted molar refractivity (Wildman–Crippen MR) is 119 cm³/mol. The van der Waals surface area contributed by atoms with Crippen molar-refractivity contribution < 1.29 is 19.1 Å². The second-order valence-corrected chi connectivity index (χ2v) is 7.86. The fraction of sp³-hybridized carbons (Fsp3) is 0.154. The number of nitrogens with zero attached hydrogens (tertiary/aromatic N) is 1. The number of carbonyl (C=O) groups excluding carboxylic acids is 1. The SMILES string of the molecule is CC(C)C(=C1C(=O)N(Cc2cccc(C(=O)O)c2)c2ccccc21)c1ccc(F)cc1. The predicted octanol–water partition coefficient (Wildman–Crippen LogP) is 5.64. The molecule has 156 valence electrons. The zero-order chi connectivity index (χ0) is 22.1. The van der Waals surface area contributed by atoms with Gasteiger partial charge in [-0.25, -0.2) is 9.18 Å². The Bertz CT molecular complexity index is 1200. The van der Waals surface area contributed by atoms with E-state index in [1.807, 2.05) is 44.2 Å². The summed E-state index contributed by atoms with van der Waals surface area (Å²) in [6.45, 7) is 4.29. The molecule has 0 saturated carbocycles. The van der Waals surface area contributed by atoms with Crippen molar-refractivity contribution in [3.05, 3.63) is 101 Å². The van der Waals surface area contributed by atoms with Crippen LogP contribution >= 0.6 is 0 Å². The van der Waals surface area contributed by atoms with Gasteiger partial charge in [-0.3, -0.25) is 4.79 Å². The van der Waals surface area contributed by atoms with Crippen LogP contribution in [0.15, 0.2) is 72.8 Å². The highest BCUT2D eigenvalue weighted by atomic mass is 19.1. The molecule has 0 bridgehead atoms. The molecule has 0 aromatic heterocycles. The average molecular weight is 415 g/mol. The van der Waals surface area contributed by atoms with Crippen LogP contribution in [0, 0.1) is 11.7 Å². The largest absolute Gasteiger partial charge is 0.478 e. The first kappa shape index (κ1) is 20.5. The minimum Gasteiger partial charge on any atom is -0.478 e. The van der Waals surface area contributed by atoms with Crippen molar-refractivity contribution in [2.75, 3.05) is 4.90 Å². The quantitative estimate of drug-likeness (QED) is 0.549. The van der Waals surface area contributed by atoms with Gasteiger partial charge in [-0.05, 0) is 52.9 Å². The molecule has 3 aromatic carbocycles. The summed E-state index contributed by atoms with van der Waals surface area (Å²) >= 11 is 0. The maximum Gasteiger partial charge on any atom is 0.335 e. The first-order valence-electron chi connectivity index (χ1n) is 10.1. The molecule has 1 heterocycles. The van der Waals surface area contributed by atoms with E-state index in [9.17, 15) is 19.1 Å². The van der Waals surface area contributed by atoms with Gasteiger partial charge in [0.25, 0.3) is 5.91 Å². The fourth-order valence-electron chi connectivity index (χ4n) is 4.08. The van der Waals surface area contributed by atoms with Gasteiger partial charge in [-0.1, -0.05) is 56.3 Å². The molecule has 0 spiro atoms. The number of para-hydroxylation sites is 1. The van der Waals surface area contributed by atoms with Crippen LogP contribution in [0.2, 0.25) is 0 Å². The van der Waals surface area contributed by atoms with Gasteiger partial charge < -0.3 is 10.0 Å². The standard InChI is InChI=1S/C26H22FNO3/c1-16(2)23(18-10-12-20(27)13-11-18)24-21-8-3-4-9-22(21)28(25(24)29)15-17-6-5-7-19(14-17)26(30)31/h3-14,16H,15H2,1-2H3,(H,30,31). The molecule has 0 unspecified atom stereocenters. The number of carbonyl (C=O) groups is 2. The number of hydrogen-bond acceptors (Lipinski definition) is 2. The molecule has 0 atom stereocenters. The Morgan fingerprint density at radius 2 is 1.68 bits per heavy atom. The summed E-state index contributed by atoms with van der Waals surface area (Å²) in [6, 6.07) is 20.4. The molecule has 1 N–H and O–H groups in total. The van der Waals surface area contributed by atoms with Gasteiger partial charge >= 0.3 is 5.97 Å². The number of amides is 1. The van der Waals surface area contributed by atoms with Crippen LogP contribution in [0.3, 0.4) is 0 Å². The van der Waals surface area contributed by atoms with Gasteiger partial charge in [0.2, 0.25) is 0 Å². The molecule has 1 aliphatic heterocycles. The Hall–Kier alpha value is -3.73. The summed E-state index contributed by atoms with van der Waals surface area (Å²) in [6.07, 6.45) is 0. The maximum atomic E-state index is 13.6. The summed E-state index contributed by atoms with van der Waals surface area (Å²) < 4.78 is 13.5. The van der Waals surface area contributed by atoms with Gasteiger partial charge in [-0.15, -0.1) is 0 Å². The molecule has 0 radical (unpaired) electrons. The van der Waals surface area contributed by atoms with Crippen molar-refractivity contribution in [2.24, 2.45) is 5.92 Å². The molecule has 4 rings (SSSR count). The Labute approximate surface area is 180 Å². The molecule has 5 heteroatoms. The lowest BCUT2D eigenvalue weighted by atomic mass is 9.88. The van der Waals surface area contributed by atoms with Crippen LogP contribution in [0.5, 0.6) is 0 Å². The minimum absolute atomic E-state index is 0.0350. The van der Waals surface area contributed by atoms with E-state index in [-0.39, 0.29) is 29.8 Å². The van der Waals surface area contributed by atoms with E-state index < -0.39 is 5.97 Å². The molecule has 0 fully saturated rings. The number of fused-ring (bicyclic) bond motifs is 1. The summed E-state index contributed by atoms with van der Waals surface area (Å²) in [5.41, 5.74) is 4.80. The van der Waals surface area contributed by atoms with E-state index >= 15 is 0 Å². The van der Waals surface area contributed by atoms with Crippen molar-refractivity contribution >= 4 is 28.7 Å². The van der Waals surface area contributed by atoms with Crippen molar-refractivity contribution in [1.29, 1.82) is 0 Å². The Morgan fingerprint density at radius 3 is 2.35 bits per heavy atom. The van der Waals surface area contributed by atoms with Crippen LogP contribution in [0.25, 0.3) is 11.1 Å². The van der Waals surface area contributed by atoms with Crippen molar-refractivity contribution in [2.45, 2.75) is 20.4 Å². The molecule has 4 nitrogen and oxygen atoms in total. The molecule has 0 saturated heterocycles. The number of benzene rings is 3. The zero-order valence-electron chi connectivity index (χ0n) is 17.3. The average Bonchev–Trinajstić information content (AvgIpc) is 3.02. The first-order chi connectivity index (χ1) is 14.9. The van der Waals surface area contributed by atoms with Crippen LogP contribution < -0.4 is 4.90 Å². The summed E-state index contributed by atoms with van der Waals surface area (Å²) in [5, 5.41) is 9.29. The van der Waals surface area contributed by atoms with E-state index in [4.69, 9.17) is 0 Å². The Balaban J connectivity index is 1.84. The van der Waals surface area contributed by atoms with Gasteiger partial charge in [0.1, 0.15) is 5.82 Å². The van der Waals surface area contributed by atoms with E-state index in [1.54, 1.807) is 29.2 Å². The third-order valence-electron chi connectivity index (χ3n) is 5.44. The number of carboxylic acids is 1. The number of aromatic carboxylic acids is 1. The lowest BCUT2D eigenvalue weighted by Crippen LogP contribution is -2.26. The van der Waals surface area contributed by atoms with Gasteiger partial charge in [0.05, 0.1) is 23.4 Å². The Morgan fingerprint density at radius 1 is 0.968 bits per heavy atom. The second-order valence-electron chi connectivity index (χ2n) is 7.86. The number of carboxylic acid groups (broad SMARTS) is 1. The second kappa shape index (κ2) is 8.19. The number of allylic oxidation sites excluding steroid dienone is 1. The Kier molecular flexibility index (Phi) is 5.42.